The Balaban J connectivity index is 1.65. The van der Waals surface area contributed by atoms with E-state index >= 15 is 0 Å². The first kappa shape index (κ1) is 23.5. The van der Waals surface area contributed by atoms with Gasteiger partial charge >= 0.3 is 0 Å². The van der Waals surface area contributed by atoms with Gasteiger partial charge in [-0.25, -0.2) is 4.99 Å². The first-order valence-electron chi connectivity index (χ1n) is 10.4. The number of hydrogen-bond donors (Lipinski definition) is 2. The van der Waals surface area contributed by atoms with Crippen LogP contribution in [0.15, 0.2) is 82.0 Å². The molecule has 2 N–H and O–H groups in total. The molecule has 4 rings (SSSR count). The molecular weight excluding hydrogens is 468 g/mol. The topological polar surface area (TPSA) is 125 Å². The molecule has 1 aliphatic rings. The van der Waals surface area contributed by atoms with Gasteiger partial charge < -0.3 is 10.2 Å². The van der Waals surface area contributed by atoms with E-state index in [0.717, 1.165) is 5.01 Å². The predicted molar refractivity (Wildman–Crippen MR) is 132 cm³/mol. The summed E-state index contributed by atoms with van der Waals surface area (Å²) < 4.78 is 0. The summed E-state index contributed by atoms with van der Waals surface area (Å²) in [5.74, 6) is -1.24. The summed E-state index contributed by atoms with van der Waals surface area (Å²) in [5, 5.41) is 9.74. The number of rotatable bonds is 7. The minimum absolute atomic E-state index is 0.0808. The van der Waals surface area contributed by atoms with Gasteiger partial charge in [-0.05, 0) is 24.3 Å². The van der Waals surface area contributed by atoms with Crippen LogP contribution in [0.2, 0.25) is 0 Å². The Bertz CT molecular complexity index is 1350. The Hall–Kier alpha value is -4.64. The van der Waals surface area contributed by atoms with Gasteiger partial charge in [0.05, 0.1) is 10.7 Å². The lowest BCUT2D eigenvalue weighted by Crippen LogP contribution is -2.49. The zero-order valence-electron chi connectivity index (χ0n) is 18.8. The van der Waals surface area contributed by atoms with Gasteiger partial charge in [0.15, 0.2) is 11.5 Å². The molecule has 1 aromatic carbocycles. The molecule has 0 saturated heterocycles. The number of anilines is 1. The van der Waals surface area contributed by atoms with Gasteiger partial charge in [0.25, 0.3) is 11.8 Å². The fraction of sp³-hybridized carbons (Fsp3) is 0.0833. The number of amides is 3. The van der Waals surface area contributed by atoms with Gasteiger partial charge in [0.2, 0.25) is 5.91 Å². The van der Waals surface area contributed by atoms with E-state index < -0.39 is 11.8 Å². The molecule has 3 heterocycles. The highest BCUT2D eigenvalue weighted by atomic mass is 32.1. The Labute approximate surface area is 204 Å². The van der Waals surface area contributed by atoms with Crippen molar-refractivity contribution in [1.82, 2.24) is 15.4 Å². The second-order valence-corrected chi connectivity index (χ2v) is 8.08. The minimum atomic E-state index is -0.699. The summed E-state index contributed by atoms with van der Waals surface area (Å²) in [7, 11) is 1.31. The van der Waals surface area contributed by atoms with Crippen LogP contribution < -0.4 is 10.7 Å². The molecule has 35 heavy (non-hydrogen) atoms. The Morgan fingerprint density at radius 3 is 2.60 bits per heavy atom. The minimum Gasteiger partial charge on any atom is -0.398 e. The third-order valence-corrected chi connectivity index (χ3v) is 5.49. The maximum atomic E-state index is 13.3. The number of hydrazine groups is 1. The maximum Gasteiger partial charge on any atom is 0.297 e. The smallest absolute Gasteiger partial charge is 0.297 e. The highest BCUT2D eigenvalue weighted by molar-refractivity contribution is 7.14. The fourth-order valence-electron chi connectivity index (χ4n) is 3.17. The number of carbonyl (C=O) groups excluding carboxylic acids is 3. The average Bonchev–Trinajstić information content (AvgIpc) is 3.43. The van der Waals surface area contributed by atoms with Crippen molar-refractivity contribution < 1.29 is 19.2 Å². The number of aromatic nitrogens is 1. The highest BCUT2D eigenvalue weighted by Gasteiger charge is 2.34. The molecule has 10 nitrogen and oxygen atoms in total. The van der Waals surface area contributed by atoms with E-state index in [2.05, 4.69) is 25.9 Å². The number of amidine groups is 1. The Morgan fingerprint density at radius 2 is 1.91 bits per heavy atom. The standard InChI is InChI=1S/C24H20N6O4S/c1-15(31)26-20-12-17(14-35-20)21(29-34-2)23(32)28-30-22(16-8-4-3-5-9-16)27-19(24(30)33)13-18-10-6-7-11-25-18/h3-14H,1-2H3,(H,26,31)(H,28,32)/b19-13+,29-21+. The van der Waals surface area contributed by atoms with Crippen molar-refractivity contribution in [3.63, 3.8) is 0 Å². The highest BCUT2D eigenvalue weighted by Crippen LogP contribution is 2.23. The van der Waals surface area contributed by atoms with Crippen molar-refractivity contribution in [3.05, 3.63) is 88.7 Å². The zero-order chi connectivity index (χ0) is 24.8. The van der Waals surface area contributed by atoms with Crippen LogP contribution in [0.25, 0.3) is 6.08 Å². The van der Waals surface area contributed by atoms with E-state index in [1.165, 1.54) is 25.4 Å². The maximum absolute atomic E-state index is 13.3. The molecule has 3 aromatic rings. The van der Waals surface area contributed by atoms with Gasteiger partial charge in [-0.2, -0.15) is 5.01 Å². The lowest BCUT2D eigenvalue weighted by molar-refractivity contribution is -0.130. The molecule has 0 radical (unpaired) electrons. The number of thiophene rings is 1. The molecule has 2 aromatic heterocycles. The third-order valence-electron chi connectivity index (χ3n) is 4.65. The molecule has 0 aliphatic carbocycles. The largest absolute Gasteiger partial charge is 0.398 e. The summed E-state index contributed by atoms with van der Waals surface area (Å²) in [6.45, 7) is 1.38. The van der Waals surface area contributed by atoms with E-state index in [0.29, 0.717) is 21.8 Å². The summed E-state index contributed by atoms with van der Waals surface area (Å²) in [6.07, 6.45) is 3.15. The molecule has 0 spiro atoms. The van der Waals surface area contributed by atoms with Crippen LogP contribution >= 0.6 is 11.3 Å². The average molecular weight is 489 g/mol. The molecular formula is C24H20N6O4S. The van der Waals surface area contributed by atoms with Crippen molar-refractivity contribution in [3.8, 4) is 0 Å². The number of benzene rings is 1. The number of pyridine rings is 1. The van der Waals surface area contributed by atoms with Gasteiger partial charge in [-0.3, -0.25) is 24.8 Å². The monoisotopic (exact) mass is 488 g/mol. The van der Waals surface area contributed by atoms with E-state index in [1.807, 2.05) is 6.07 Å². The molecule has 0 bridgehead atoms. The van der Waals surface area contributed by atoms with E-state index in [-0.39, 0.29) is 23.2 Å². The molecule has 0 atom stereocenters. The molecule has 11 heteroatoms. The van der Waals surface area contributed by atoms with Crippen LogP contribution in [-0.4, -0.2) is 46.4 Å². The van der Waals surface area contributed by atoms with Gasteiger partial charge in [0, 0.05) is 29.6 Å². The van der Waals surface area contributed by atoms with Crippen molar-refractivity contribution in [2.45, 2.75) is 6.92 Å². The summed E-state index contributed by atoms with van der Waals surface area (Å²) in [4.78, 5) is 51.4. The summed E-state index contributed by atoms with van der Waals surface area (Å²) in [5.41, 5.74) is 4.19. The van der Waals surface area contributed by atoms with Crippen LogP contribution in [0.4, 0.5) is 5.00 Å². The Kier molecular flexibility index (Phi) is 7.07. The lowest BCUT2D eigenvalue weighted by atomic mass is 10.2. The molecule has 0 unspecified atom stereocenters. The normalized spacial score (nSPS) is 14.6. The molecule has 176 valence electrons. The number of nitrogens with zero attached hydrogens (tertiary/aromatic N) is 4. The lowest BCUT2D eigenvalue weighted by Gasteiger charge is -2.19. The van der Waals surface area contributed by atoms with Crippen molar-refractivity contribution in [2.24, 2.45) is 10.1 Å². The van der Waals surface area contributed by atoms with E-state index in [4.69, 9.17) is 4.84 Å². The van der Waals surface area contributed by atoms with Crippen molar-refractivity contribution in [1.29, 1.82) is 0 Å². The fourth-order valence-corrected chi connectivity index (χ4v) is 4.00. The van der Waals surface area contributed by atoms with Crippen LogP contribution in [0, 0.1) is 0 Å². The first-order chi connectivity index (χ1) is 17.0. The number of hydrogen-bond acceptors (Lipinski definition) is 8. The summed E-state index contributed by atoms with van der Waals surface area (Å²) >= 11 is 1.22. The quantitative estimate of drug-likeness (QED) is 0.301. The SMILES string of the molecule is CO/N=C(/C(=O)NN1C(=O)/C(=C\c2ccccn2)N=C1c1ccccc1)c1csc(NC(C)=O)c1. The Morgan fingerprint density at radius 1 is 1.14 bits per heavy atom. The first-order valence-corrected chi connectivity index (χ1v) is 11.2. The molecule has 0 fully saturated rings. The number of oxime groups is 1. The third kappa shape index (κ3) is 5.47. The second-order valence-electron chi connectivity index (χ2n) is 7.17. The molecule has 1 aliphatic heterocycles. The van der Waals surface area contributed by atoms with Crippen molar-refractivity contribution >= 4 is 51.7 Å². The zero-order valence-corrected chi connectivity index (χ0v) is 19.6. The van der Waals surface area contributed by atoms with Crippen LogP contribution in [0.3, 0.4) is 0 Å². The van der Waals surface area contributed by atoms with Crippen LogP contribution in [-0.2, 0) is 19.2 Å². The van der Waals surface area contributed by atoms with Gasteiger partial charge in [-0.1, -0.05) is 41.6 Å². The van der Waals surface area contributed by atoms with E-state index in [1.54, 1.807) is 66.2 Å². The van der Waals surface area contributed by atoms with E-state index in [9.17, 15) is 14.4 Å². The predicted octanol–water partition coefficient (Wildman–Crippen LogP) is 2.81. The summed E-state index contributed by atoms with van der Waals surface area (Å²) in [6, 6.07) is 15.9. The molecule has 0 saturated carbocycles. The second kappa shape index (κ2) is 10.5. The number of carbonyl (C=O) groups is 3. The van der Waals surface area contributed by atoms with Crippen LogP contribution in [0.1, 0.15) is 23.7 Å². The number of aliphatic imine (C=N–C) groups is 1. The molecule has 3 amide bonds. The van der Waals surface area contributed by atoms with Gasteiger partial charge in [0.1, 0.15) is 12.8 Å². The van der Waals surface area contributed by atoms with Crippen molar-refractivity contribution in [2.75, 3.05) is 12.4 Å². The van der Waals surface area contributed by atoms with Gasteiger partial charge in [-0.15, -0.1) is 11.3 Å². The van der Waals surface area contributed by atoms with Crippen LogP contribution in [0.5, 0.6) is 0 Å². The number of nitrogens with one attached hydrogen (secondary N) is 2.